The Morgan fingerprint density at radius 2 is 1.94 bits per heavy atom. The standard InChI is InChI=1S/C25H27FN8/c1-4-20-22-23(18(13-33(20)3)16-8-6-5-7-9-16)30-25(31-24(22)27)29-17-10-11-21(19(26)12-17)34-14-28-15(2)32-34/h5-12,14,18,20H,4,13H2,1-3H3,(H3,27,29,30,31). The number of halogens is 1. The Hall–Kier alpha value is -3.85. The molecule has 4 aromatic rings. The molecular formula is C25H27FN8. The smallest absolute Gasteiger partial charge is 0.229 e. The van der Waals surface area contributed by atoms with Gasteiger partial charge in [-0.15, -0.1) is 0 Å². The van der Waals surface area contributed by atoms with Crippen LogP contribution in [0.4, 0.5) is 21.8 Å². The van der Waals surface area contributed by atoms with E-state index >= 15 is 0 Å². The van der Waals surface area contributed by atoms with Gasteiger partial charge in [0.05, 0.1) is 5.69 Å². The molecule has 0 amide bonds. The van der Waals surface area contributed by atoms with E-state index in [1.807, 2.05) is 18.2 Å². The lowest BCUT2D eigenvalue weighted by Gasteiger charge is -2.38. The number of aromatic nitrogens is 5. The molecule has 9 heteroatoms. The topological polar surface area (TPSA) is 97.8 Å². The molecule has 3 N–H and O–H groups in total. The minimum Gasteiger partial charge on any atom is -0.383 e. The van der Waals surface area contributed by atoms with Crippen LogP contribution >= 0.6 is 0 Å². The molecule has 5 rings (SSSR count). The number of hydrogen-bond acceptors (Lipinski definition) is 7. The van der Waals surface area contributed by atoms with Crippen molar-refractivity contribution in [2.45, 2.75) is 32.2 Å². The van der Waals surface area contributed by atoms with Crippen LogP contribution in [0, 0.1) is 12.7 Å². The van der Waals surface area contributed by atoms with E-state index in [1.54, 1.807) is 19.1 Å². The zero-order valence-corrected chi connectivity index (χ0v) is 19.4. The Morgan fingerprint density at radius 3 is 2.62 bits per heavy atom. The lowest BCUT2D eigenvalue weighted by molar-refractivity contribution is 0.211. The Bertz CT molecular complexity index is 1320. The number of nitrogen functional groups attached to an aromatic ring is 1. The summed E-state index contributed by atoms with van der Waals surface area (Å²) in [5.74, 6) is 0.992. The largest absolute Gasteiger partial charge is 0.383 e. The fourth-order valence-corrected chi connectivity index (χ4v) is 4.72. The number of aryl methyl sites for hydroxylation is 1. The van der Waals surface area contributed by atoms with E-state index in [0.717, 1.165) is 24.2 Å². The van der Waals surface area contributed by atoms with Crippen LogP contribution in [-0.4, -0.2) is 43.2 Å². The van der Waals surface area contributed by atoms with Crippen molar-refractivity contribution in [3.63, 3.8) is 0 Å². The minimum absolute atomic E-state index is 0.0597. The first-order valence-corrected chi connectivity index (χ1v) is 11.3. The van der Waals surface area contributed by atoms with Gasteiger partial charge in [-0.2, -0.15) is 10.1 Å². The fourth-order valence-electron chi connectivity index (χ4n) is 4.72. The molecule has 0 fully saturated rings. The summed E-state index contributed by atoms with van der Waals surface area (Å²) in [7, 11) is 2.11. The van der Waals surface area contributed by atoms with Crippen molar-refractivity contribution in [2.24, 2.45) is 0 Å². The van der Waals surface area contributed by atoms with Crippen molar-refractivity contribution in [1.29, 1.82) is 0 Å². The molecule has 8 nitrogen and oxygen atoms in total. The molecule has 0 spiro atoms. The van der Waals surface area contributed by atoms with Crippen LogP contribution in [-0.2, 0) is 0 Å². The lowest BCUT2D eigenvalue weighted by Crippen LogP contribution is -2.37. The number of nitrogens with one attached hydrogen (secondary N) is 1. The molecule has 2 unspecified atom stereocenters. The maximum atomic E-state index is 14.8. The van der Waals surface area contributed by atoms with Crippen LogP contribution in [0.1, 0.15) is 47.9 Å². The van der Waals surface area contributed by atoms with Crippen LogP contribution in [0.3, 0.4) is 0 Å². The summed E-state index contributed by atoms with van der Waals surface area (Å²) in [5, 5.41) is 7.31. The van der Waals surface area contributed by atoms with Crippen molar-refractivity contribution < 1.29 is 4.39 Å². The monoisotopic (exact) mass is 458 g/mol. The van der Waals surface area contributed by atoms with Crippen molar-refractivity contribution >= 4 is 17.5 Å². The predicted molar refractivity (Wildman–Crippen MR) is 130 cm³/mol. The highest BCUT2D eigenvalue weighted by Gasteiger charge is 2.35. The maximum absolute atomic E-state index is 14.8. The second-order valence-corrected chi connectivity index (χ2v) is 8.59. The lowest BCUT2D eigenvalue weighted by atomic mass is 9.84. The number of nitrogens with two attached hydrogens (primary N) is 1. The summed E-state index contributed by atoms with van der Waals surface area (Å²) in [6.07, 6.45) is 2.39. The first-order valence-electron chi connectivity index (χ1n) is 11.3. The average Bonchev–Trinajstić information content (AvgIpc) is 3.25. The first-order chi connectivity index (χ1) is 16.4. The normalized spacial score (nSPS) is 18.0. The molecule has 2 aromatic heterocycles. The predicted octanol–water partition coefficient (Wildman–Crippen LogP) is 4.36. The maximum Gasteiger partial charge on any atom is 0.229 e. The van der Waals surface area contributed by atoms with E-state index in [9.17, 15) is 4.39 Å². The van der Waals surface area contributed by atoms with E-state index in [-0.39, 0.29) is 12.0 Å². The highest BCUT2D eigenvalue weighted by atomic mass is 19.1. The third-order valence-corrected chi connectivity index (χ3v) is 6.32. The second kappa shape index (κ2) is 8.83. The molecular weight excluding hydrogens is 431 g/mol. The summed E-state index contributed by atoms with van der Waals surface area (Å²) in [4.78, 5) is 15.8. The number of nitrogens with zero attached hydrogens (tertiary/aromatic N) is 6. The molecule has 0 bridgehead atoms. The fraction of sp³-hybridized carbons (Fsp3) is 0.280. The zero-order chi connectivity index (χ0) is 23.8. The van der Waals surface area contributed by atoms with Crippen LogP contribution < -0.4 is 11.1 Å². The van der Waals surface area contributed by atoms with Gasteiger partial charge in [-0.1, -0.05) is 37.3 Å². The Morgan fingerprint density at radius 1 is 1.15 bits per heavy atom. The molecule has 174 valence electrons. The van der Waals surface area contributed by atoms with Gasteiger partial charge in [-0.3, -0.25) is 4.90 Å². The Balaban J connectivity index is 1.52. The van der Waals surface area contributed by atoms with Crippen molar-refractivity contribution in [3.05, 3.63) is 83.3 Å². The van der Waals surface area contributed by atoms with Crippen LogP contribution in [0.5, 0.6) is 0 Å². The molecule has 34 heavy (non-hydrogen) atoms. The van der Waals surface area contributed by atoms with Gasteiger partial charge in [0, 0.05) is 29.8 Å². The van der Waals surface area contributed by atoms with E-state index in [1.165, 1.54) is 22.6 Å². The van der Waals surface area contributed by atoms with E-state index < -0.39 is 5.82 Å². The Labute approximate surface area is 197 Å². The molecule has 0 aliphatic carbocycles. The van der Waals surface area contributed by atoms with E-state index in [2.05, 4.69) is 51.4 Å². The first kappa shape index (κ1) is 22.0. The molecule has 0 radical (unpaired) electrons. The highest BCUT2D eigenvalue weighted by molar-refractivity contribution is 5.60. The SMILES string of the molecule is CCC1c2c(N)nc(Nc3ccc(-n4cnc(C)n4)c(F)c3)nc2C(c2ccccc2)CN1C. The van der Waals surface area contributed by atoms with Gasteiger partial charge in [-0.25, -0.2) is 19.0 Å². The molecule has 1 aliphatic rings. The highest BCUT2D eigenvalue weighted by Crippen LogP contribution is 2.41. The van der Waals surface area contributed by atoms with Crippen LogP contribution in [0.2, 0.25) is 0 Å². The number of hydrogen-bond donors (Lipinski definition) is 2. The zero-order valence-electron chi connectivity index (χ0n) is 19.4. The van der Waals surface area contributed by atoms with Crippen molar-refractivity contribution in [1.82, 2.24) is 29.6 Å². The van der Waals surface area contributed by atoms with Gasteiger partial charge in [0.25, 0.3) is 0 Å². The number of rotatable bonds is 5. The van der Waals surface area contributed by atoms with Gasteiger partial charge >= 0.3 is 0 Å². The summed E-state index contributed by atoms with van der Waals surface area (Å²) in [6.45, 7) is 4.72. The van der Waals surface area contributed by atoms with E-state index in [4.69, 9.17) is 10.7 Å². The molecule has 3 heterocycles. The summed E-state index contributed by atoms with van der Waals surface area (Å²) >= 11 is 0. The van der Waals surface area contributed by atoms with Gasteiger partial charge in [0.15, 0.2) is 5.82 Å². The van der Waals surface area contributed by atoms with Gasteiger partial charge in [0.1, 0.15) is 23.7 Å². The summed E-state index contributed by atoms with van der Waals surface area (Å²) in [5.41, 5.74) is 10.4. The summed E-state index contributed by atoms with van der Waals surface area (Å²) < 4.78 is 16.2. The molecule has 0 saturated heterocycles. The van der Waals surface area contributed by atoms with Crippen LogP contribution in [0.25, 0.3) is 5.69 Å². The van der Waals surface area contributed by atoms with Crippen molar-refractivity contribution in [2.75, 3.05) is 24.6 Å². The third kappa shape index (κ3) is 3.99. The molecule has 0 saturated carbocycles. The van der Waals surface area contributed by atoms with Crippen molar-refractivity contribution in [3.8, 4) is 5.69 Å². The number of fused-ring (bicyclic) bond motifs is 1. The van der Waals surface area contributed by atoms with Gasteiger partial charge < -0.3 is 11.1 Å². The molecule has 2 atom stereocenters. The number of anilines is 3. The molecule has 1 aliphatic heterocycles. The van der Waals surface area contributed by atoms with Crippen LogP contribution in [0.15, 0.2) is 54.9 Å². The van der Waals surface area contributed by atoms with Gasteiger partial charge in [0.2, 0.25) is 5.95 Å². The molecule has 2 aromatic carbocycles. The Kier molecular flexibility index (Phi) is 5.70. The van der Waals surface area contributed by atoms with E-state index in [0.29, 0.717) is 29.0 Å². The quantitative estimate of drug-likeness (QED) is 0.459. The summed E-state index contributed by atoms with van der Waals surface area (Å²) in [6, 6.07) is 15.2. The number of likely N-dealkylation sites (N-methyl/N-ethyl adjacent to an activating group) is 1. The van der Waals surface area contributed by atoms with Gasteiger partial charge in [-0.05, 0) is 44.2 Å². The minimum atomic E-state index is -0.435. The average molecular weight is 459 g/mol. The second-order valence-electron chi connectivity index (χ2n) is 8.59. The third-order valence-electron chi connectivity index (χ3n) is 6.32. The number of benzene rings is 2.